The molecule has 0 unspecified atom stereocenters. The first-order chi connectivity index (χ1) is 15.9. The molecule has 5 rings (SSSR count). The molecule has 2 aromatic carbocycles. The van der Waals surface area contributed by atoms with Crippen molar-refractivity contribution in [3.8, 4) is 0 Å². The van der Waals surface area contributed by atoms with Crippen molar-refractivity contribution in [1.82, 2.24) is 10.2 Å². The highest BCUT2D eigenvalue weighted by Crippen LogP contribution is 2.50. The summed E-state index contributed by atoms with van der Waals surface area (Å²) in [5, 5.41) is 3.10. The van der Waals surface area contributed by atoms with Crippen molar-refractivity contribution >= 4 is 11.8 Å². The summed E-state index contributed by atoms with van der Waals surface area (Å²) in [6.07, 6.45) is 6.50. The lowest BCUT2D eigenvalue weighted by molar-refractivity contribution is -0.141. The number of amides is 2. The Kier molecular flexibility index (Phi) is 5.80. The monoisotopic (exact) mass is 444 g/mol. The van der Waals surface area contributed by atoms with Crippen LogP contribution in [-0.4, -0.2) is 36.3 Å². The van der Waals surface area contributed by atoms with Gasteiger partial charge in [0.05, 0.1) is 5.41 Å². The van der Waals surface area contributed by atoms with E-state index in [-0.39, 0.29) is 16.7 Å². The van der Waals surface area contributed by atoms with Crippen LogP contribution in [0.3, 0.4) is 0 Å². The van der Waals surface area contributed by atoms with Crippen LogP contribution in [0.5, 0.6) is 0 Å². The number of nitrogens with zero attached hydrogens (tertiary/aromatic N) is 1. The van der Waals surface area contributed by atoms with Gasteiger partial charge in [-0.3, -0.25) is 9.59 Å². The molecule has 2 aliphatic heterocycles. The molecule has 33 heavy (non-hydrogen) atoms. The van der Waals surface area contributed by atoms with Crippen LogP contribution in [0.4, 0.5) is 0 Å². The highest BCUT2D eigenvalue weighted by molar-refractivity contribution is 5.89. The summed E-state index contributed by atoms with van der Waals surface area (Å²) in [6.45, 7) is 6.46. The maximum Gasteiger partial charge on any atom is 0.233 e. The third kappa shape index (κ3) is 3.98. The second-order valence-corrected chi connectivity index (χ2v) is 10.8. The van der Waals surface area contributed by atoms with Gasteiger partial charge in [0.15, 0.2) is 0 Å². The van der Waals surface area contributed by atoms with Gasteiger partial charge >= 0.3 is 0 Å². The van der Waals surface area contributed by atoms with Crippen LogP contribution in [0.15, 0.2) is 48.5 Å². The zero-order valence-electron chi connectivity index (χ0n) is 20.0. The Bertz CT molecular complexity index is 1010. The lowest BCUT2D eigenvalue weighted by atomic mass is 9.62. The third-order valence-electron chi connectivity index (χ3n) is 8.64. The fourth-order valence-electron chi connectivity index (χ4n) is 6.93. The molecule has 3 fully saturated rings. The summed E-state index contributed by atoms with van der Waals surface area (Å²) in [5.41, 5.74) is 4.57. The van der Waals surface area contributed by atoms with Gasteiger partial charge in [-0.15, -0.1) is 0 Å². The standard InChI is InChI=1S/C29H36N2O2/c1-21-16-22(2)18-24(17-21)29(10-6-7-11-29)27(33)31-14-12-28(13-15-31)19-26(32)30-20-25(28)23-8-4-3-5-9-23/h3-5,8-9,16-18,25H,6-7,10-15,19-20H2,1-2H3,(H,30,32)/t25-/m1/s1. The van der Waals surface area contributed by atoms with Crippen LogP contribution in [0, 0.1) is 19.3 Å². The summed E-state index contributed by atoms with van der Waals surface area (Å²) in [5.74, 6) is 0.786. The van der Waals surface area contributed by atoms with E-state index in [4.69, 9.17) is 0 Å². The molecule has 4 nitrogen and oxygen atoms in total. The summed E-state index contributed by atoms with van der Waals surface area (Å²) in [6, 6.07) is 17.3. The number of aryl methyl sites for hydroxylation is 2. The maximum atomic E-state index is 14.1. The summed E-state index contributed by atoms with van der Waals surface area (Å²) in [7, 11) is 0. The Morgan fingerprint density at radius 3 is 2.21 bits per heavy atom. The molecule has 1 aliphatic carbocycles. The Labute approximate surface area is 197 Å². The largest absolute Gasteiger partial charge is 0.355 e. The minimum Gasteiger partial charge on any atom is -0.355 e. The van der Waals surface area contributed by atoms with Gasteiger partial charge in [-0.05, 0) is 56.1 Å². The van der Waals surface area contributed by atoms with Gasteiger partial charge < -0.3 is 10.2 Å². The molecule has 2 amide bonds. The van der Waals surface area contributed by atoms with Gasteiger partial charge in [-0.1, -0.05) is 72.5 Å². The Balaban J connectivity index is 1.39. The fourth-order valence-corrected chi connectivity index (χ4v) is 6.93. The lowest BCUT2D eigenvalue weighted by Gasteiger charge is -2.50. The van der Waals surface area contributed by atoms with Crippen LogP contribution in [0.25, 0.3) is 0 Å². The van der Waals surface area contributed by atoms with E-state index < -0.39 is 0 Å². The van der Waals surface area contributed by atoms with E-state index in [1.54, 1.807) is 0 Å². The molecular formula is C29H36N2O2. The summed E-state index contributed by atoms with van der Waals surface area (Å²) >= 11 is 0. The van der Waals surface area contributed by atoms with Crippen LogP contribution in [0.2, 0.25) is 0 Å². The van der Waals surface area contributed by atoms with Crippen molar-refractivity contribution in [2.45, 2.75) is 70.1 Å². The second kappa shape index (κ2) is 8.62. The van der Waals surface area contributed by atoms with E-state index >= 15 is 0 Å². The third-order valence-corrected chi connectivity index (χ3v) is 8.64. The Morgan fingerprint density at radius 2 is 1.58 bits per heavy atom. The van der Waals surface area contributed by atoms with E-state index in [2.05, 4.69) is 66.5 Å². The maximum absolute atomic E-state index is 14.1. The molecule has 3 aliphatic rings. The first-order valence-electron chi connectivity index (χ1n) is 12.6. The molecule has 1 N–H and O–H groups in total. The van der Waals surface area contributed by atoms with Crippen molar-refractivity contribution in [2.24, 2.45) is 5.41 Å². The summed E-state index contributed by atoms with van der Waals surface area (Å²) < 4.78 is 0. The topological polar surface area (TPSA) is 49.4 Å². The minimum absolute atomic E-state index is 0.0524. The highest BCUT2D eigenvalue weighted by atomic mass is 16.2. The molecule has 4 heteroatoms. The number of carbonyl (C=O) groups excluding carboxylic acids is 2. The number of carbonyl (C=O) groups is 2. The van der Waals surface area contributed by atoms with Gasteiger partial charge in [0.2, 0.25) is 11.8 Å². The predicted octanol–water partition coefficient (Wildman–Crippen LogP) is 5.03. The highest BCUT2D eigenvalue weighted by Gasteiger charge is 2.50. The van der Waals surface area contributed by atoms with E-state index in [1.807, 2.05) is 6.07 Å². The predicted molar refractivity (Wildman–Crippen MR) is 131 cm³/mol. The molecule has 1 spiro atoms. The first kappa shape index (κ1) is 22.2. The molecule has 0 radical (unpaired) electrons. The van der Waals surface area contributed by atoms with Gasteiger partial charge in [0.1, 0.15) is 0 Å². The smallest absolute Gasteiger partial charge is 0.233 e. The quantitative estimate of drug-likeness (QED) is 0.722. The molecule has 1 atom stereocenters. The SMILES string of the molecule is Cc1cc(C)cc(C2(C(=O)N3CCC4(CC3)CC(=O)NC[C@@H]4c3ccccc3)CCCC2)c1. The van der Waals surface area contributed by atoms with Gasteiger partial charge in [0.25, 0.3) is 0 Å². The molecule has 0 aromatic heterocycles. The number of nitrogens with one attached hydrogen (secondary N) is 1. The average Bonchev–Trinajstić information content (AvgIpc) is 3.30. The molecule has 2 aromatic rings. The number of benzene rings is 2. The molecule has 1 saturated carbocycles. The lowest BCUT2D eigenvalue weighted by Crippen LogP contribution is -2.55. The average molecular weight is 445 g/mol. The summed E-state index contributed by atoms with van der Waals surface area (Å²) in [4.78, 5) is 28.7. The van der Waals surface area contributed by atoms with Crippen molar-refractivity contribution in [2.75, 3.05) is 19.6 Å². The molecule has 174 valence electrons. The van der Waals surface area contributed by atoms with E-state index in [0.717, 1.165) is 51.6 Å². The van der Waals surface area contributed by atoms with Gasteiger partial charge in [-0.2, -0.15) is 0 Å². The molecule has 2 saturated heterocycles. The van der Waals surface area contributed by atoms with Gasteiger partial charge in [0, 0.05) is 32.0 Å². The molecular weight excluding hydrogens is 408 g/mol. The zero-order valence-corrected chi connectivity index (χ0v) is 20.0. The minimum atomic E-state index is -0.371. The second-order valence-electron chi connectivity index (χ2n) is 10.8. The van der Waals surface area contributed by atoms with Crippen molar-refractivity contribution < 1.29 is 9.59 Å². The number of hydrogen-bond acceptors (Lipinski definition) is 2. The first-order valence-corrected chi connectivity index (χ1v) is 12.6. The number of piperidine rings is 2. The van der Waals surface area contributed by atoms with E-state index in [1.165, 1.54) is 22.3 Å². The van der Waals surface area contributed by atoms with Gasteiger partial charge in [-0.25, -0.2) is 0 Å². The van der Waals surface area contributed by atoms with Crippen LogP contribution >= 0.6 is 0 Å². The normalized spacial score (nSPS) is 24.0. The molecule has 0 bridgehead atoms. The fraction of sp³-hybridized carbons (Fsp3) is 0.517. The Hall–Kier alpha value is -2.62. The van der Waals surface area contributed by atoms with Crippen molar-refractivity contribution in [1.29, 1.82) is 0 Å². The van der Waals surface area contributed by atoms with Crippen LogP contribution in [-0.2, 0) is 15.0 Å². The van der Waals surface area contributed by atoms with E-state index in [0.29, 0.717) is 24.8 Å². The zero-order chi connectivity index (χ0) is 23.1. The van der Waals surface area contributed by atoms with Crippen molar-refractivity contribution in [3.63, 3.8) is 0 Å². The number of rotatable bonds is 3. The molecule has 2 heterocycles. The van der Waals surface area contributed by atoms with E-state index in [9.17, 15) is 9.59 Å². The Morgan fingerprint density at radius 1 is 0.939 bits per heavy atom. The van der Waals surface area contributed by atoms with Crippen LogP contribution in [0.1, 0.15) is 73.1 Å². The van der Waals surface area contributed by atoms with Crippen molar-refractivity contribution in [3.05, 3.63) is 70.8 Å². The number of likely N-dealkylation sites (tertiary alicyclic amines) is 1. The van der Waals surface area contributed by atoms with Crippen LogP contribution < -0.4 is 5.32 Å². The number of hydrogen-bond donors (Lipinski definition) is 1.